The van der Waals surface area contributed by atoms with E-state index in [0.29, 0.717) is 12.5 Å². The monoisotopic (exact) mass is 622 g/mol. The van der Waals surface area contributed by atoms with Crippen LogP contribution in [0.3, 0.4) is 0 Å². The maximum absolute atomic E-state index is 6.06. The number of benzene rings is 2. The molecule has 0 aliphatic heterocycles. The summed E-state index contributed by atoms with van der Waals surface area (Å²) >= 11 is 11.4. The van der Waals surface area contributed by atoms with Gasteiger partial charge in [0, 0.05) is 15.2 Å². The Morgan fingerprint density at radius 3 is 2.15 bits per heavy atom. The van der Waals surface area contributed by atoms with Gasteiger partial charge in [-0.3, -0.25) is 0 Å². The Morgan fingerprint density at radius 2 is 1.60 bits per heavy atom. The van der Waals surface area contributed by atoms with Gasteiger partial charge in [0.2, 0.25) is 0 Å². The normalized spacial score (nSPS) is 12.2. The fourth-order valence-electron chi connectivity index (χ4n) is 1.83. The summed E-state index contributed by atoms with van der Waals surface area (Å²) in [5.41, 5.74) is 1.28. The highest BCUT2D eigenvalue weighted by atomic mass is 127. The van der Waals surface area contributed by atoms with Crippen LogP contribution < -0.4 is 4.74 Å². The Hall–Kier alpha value is 0.780. The topological polar surface area (TPSA) is 9.23 Å². The molecule has 1 nitrogen and oxygen atoms in total. The lowest BCUT2D eigenvalue weighted by molar-refractivity contribution is 0.293. The van der Waals surface area contributed by atoms with Crippen LogP contribution in [-0.4, -0.2) is 12.4 Å². The van der Waals surface area contributed by atoms with Gasteiger partial charge in [-0.25, -0.2) is 0 Å². The summed E-state index contributed by atoms with van der Waals surface area (Å²) in [4.78, 5) is 0. The van der Waals surface area contributed by atoms with Gasteiger partial charge < -0.3 is 4.74 Å². The van der Waals surface area contributed by atoms with Gasteiger partial charge in [-0.2, -0.15) is 12.6 Å². The zero-order valence-electron chi connectivity index (χ0n) is 10.5. The summed E-state index contributed by atoms with van der Waals surface area (Å²) in [5.74, 6) is 2.07. The van der Waals surface area contributed by atoms with Crippen LogP contribution in [0.5, 0.6) is 5.75 Å². The van der Waals surface area contributed by atoms with Crippen LogP contribution in [0.4, 0.5) is 0 Å². The van der Waals surface area contributed by atoms with Crippen molar-refractivity contribution >= 4 is 80.4 Å². The van der Waals surface area contributed by atoms with Gasteiger partial charge in [0.25, 0.3) is 0 Å². The van der Waals surface area contributed by atoms with Crippen LogP contribution in [-0.2, 0) is 0 Å². The molecule has 106 valence electrons. The predicted octanol–water partition coefficient (Wildman–Crippen LogP) is 5.59. The van der Waals surface area contributed by atoms with Crippen LogP contribution in [0.15, 0.2) is 42.5 Å². The van der Waals surface area contributed by atoms with E-state index in [2.05, 4.69) is 117 Å². The third-order valence-corrected chi connectivity index (χ3v) is 5.55. The quantitative estimate of drug-likeness (QED) is 0.338. The van der Waals surface area contributed by atoms with Crippen molar-refractivity contribution in [3.8, 4) is 5.75 Å². The van der Waals surface area contributed by atoms with Crippen LogP contribution >= 0.6 is 80.4 Å². The predicted molar refractivity (Wildman–Crippen MR) is 113 cm³/mol. The molecule has 0 aliphatic carbocycles. The molecule has 20 heavy (non-hydrogen) atoms. The van der Waals surface area contributed by atoms with Crippen LogP contribution in [0, 0.1) is 10.7 Å². The van der Waals surface area contributed by atoms with Crippen molar-refractivity contribution in [3.63, 3.8) is 0 Å². The second kappa shape index (κ2) is 8.42. The molecule has 0 saturated carbocycles. The summed E-state index contributed by atoms with van der Waals surface area (Å²) in [5, 5.41) is 0. The van der Waals surface area contributed by atoms with Crippen molar-refractivity contribution in [2.24, 2.45) is 0 Å². The van der Waals surface area contributed by atoms with Gasteiger partial charge in [-0.05, 0) is 85.5 Å². The molecule has 0 fully saturated rings. The molecule has 5 heteroatoms. The molecule has 0 spiro atoms. The first-order chi connectivity index (χ1) is 9.61. The smallest absolute Gasteiger partial charge is 0.146 e. The van der Waals surface area contributed by atoms with E-state index < -0.39 is 0 Å². The third kappa shape index (κ3) is 4.64. The summed E-state index contributed by atoms with van der Waals surface area (Å²) in [7, 11) is 0. The first kappa shape index (κ1) is 17.1. The molecule has 0 N–H and O–H groups in total. The molecule has 0 heterocycles. The number of hydrogen-bond acceptors (Lipinski definition) is 2. The summed E-state index contributed by atoms with van der Waals surface area (Å²) in [6.07, 6.45) is 0. The molecule has 1 unspecified atom stereocenters. The Kier molecular flexibility index (Phi) is 7.22. The minimum atomic E-state index is 0.311. The zero-order chi connectivity index (χ0) is 14.5. The van der Waals surface area contributed by atoms with Crippen molar-refractivity contribution in [2.75, 3.05) is 12.4 Å². The lowest BCUT2D eigenvalue weighted by Gasteiger charge is -2.17. The lowest BCUT2D eigenvalue weighted by Crippen LogP contribution is -2.13. The average molecular weight is 622 g/mol. The van der Waals surface area contributed by atoms with Crippen molar-refractivity contribution < 1.29 is 4.74 Å². The number of thiol groups is 1. The first-order valence-corrected chi connectivity index (χ1v) is 9.92. The molecular weight excluding hydrogens is 609 g/mol. The Balaban J connectivity index is 2.12. The molecule has 0 aliphatic rings. The molecule has 1 atom stereocenters. The number of rotatable bonds is 5. The number of ether oxygens (including phenoxy) is 1. The van der Waals surface area contributed by atoms with E-state index in [4.69, 9.17) is 4.74 Å². The highest BCUT2D eigenvalue weighted by Gasteiger charge is 2.13. The van der Waals surface area contributed by atoms with E-state index in [1.807, 2.05) is 6.07 Å². The van der Waals surface area contributed by atoms with Gasteiger partial charge in [0.1, 0.15) is 5.75 Å². The Morgan fingerprint density at radius 1 is 1.00 bits per heavy atom. The number of hydrogen-bond donors (Lipinski definition) is 1. The van der Waals surface area contributed by atoms with Gasteiger partial charge in [-0.15, -0.1) is 0 Å². The number of halogens is 3. The van der Waals surface area contributed by atoms with Gasteiger partial charge >= 0.3 is 0 Å². The van der Waals surface area contributed by atoms with E-state index in [-0.39, 0.29) is 0 Å². The summed E-state index contributed by atoms with van der Waals surface area (Å²) < 4.78 is 9.61. The molecule has 2 aromatic rings. The zero-order valence-corrected chi connectivity index (χ0v) is 17.9. The van der Waals surface area contributed by atoms with Crippen LogP contribution in [0.25, 0.3) is 0 Å². The van der Waals surface area contributed by atoms with Gasteiger partial charge in [0.05, 0.1) is 13.7 Å². The molecule has 0 aromatic heterocycles. The van der Waals surface area contributed by atoms with E-state index in [1.165, 1.54) is 9.13 Å². The fraction of sp³-hybridized carbons (Fsp3) is 0.200. The maximum atomic E-state index is 6.06. The maximum Gasteiger partial charge on any atom is 0.146 e. The molecule has 0 bridgehead atoms. The Labute approximate surface area is 166 Å². The average Bonchev–Trinajstić information content (AvgIpc) is 2.43. The molecular formula is C15H13I3OS. The standard InChI is InChI=1S/C15H13I3OS/c16-12-6-13(17)15(14(18)7-12)19-8-11(9-20)10-4-2-1-3-5-10/h1-7,11,20H,8-9H2. The molecule has 0 amide bonds. The van der Waals surface area contributed by atoms with Gasteiger partial charge in [-0.1, -0.05) is 30.3 Å². The minimum Gasteiger partial charge on any atom is -0.491 e. The second-order valence-electron chi connectivity index (χ2n) is 4.30. The third-order valence-electron chi connectivity index (χ3n) is 2.88. The van der Waals surface area contributed by atoms with Crippen LogP contribution in [0.2, 0.25) is 0 Å². The van der Waals surface area contributed by atoms with Crippen molar-refractivity contribution in [2.45, 2.75) is 5.92 Å². The minimum absolute atomic E-state index is 0.311. The largest absolute Gasteiger partial charge is 0.491 e. The van der Waals surface area contributed by atoms with E-state index in [1.54, 1.807) is 0 Å². The summed E-state index contributed by atoms with van der Waals surface area (Å²) in [6, 6.07) is 14.7. The molecule has 2 rings (SSSR count). The van der Waals surface area contributed by atoms with Crippen LogP contribution in [0.1, 0.15) is 11.5 Å². The first-order valence-electron chi connectivity index (χ1n) is 6.05. The van der Waals surface area contributed by atoms with Crippen molar-refractivity contribution in [1.82, 2.24) is 0 Å². The lowest BCUT2D eigenvalue weighted by atomic mass is 10.0. The van der Waals surface area contributed by atoms with E-state index in [9.17, 15) is 0 Å². The second-order valence-corrected chi connectivity index (χ2v) is 8.23. The molecule has 2 aromatic carbocycles. The fourth-order valence-corrected chi connectivity index (χ4v) is 6.04. The van der Waals surface area contributed by atoms with E-state index >= 15 is 0 Å². The highest BCUT2D eigenvalue weighted by molar-refractivity contribution is 14.1. The Bertz CT molecular complexity index is 552. The molecule has 0 saturated heterocycles. The SMILES string of the molecule is SCC(COc1c(I)cc(I)cc1I)c1ccccc1. The van der Waals surface area contributed by atoms with E-state index in [0.717, 1.165) is 18.6 Å². The van der Waals surface area contributed by atoms with Gasteiger partial charge in [0.15, 0.2) is 0 Å². The molecule has 0 radical (unpaired) electrons. The van der Waals surface area contributed by atoms with Crippen molar-refractivity contribution in [1.29, 1.82) is 0 Å². The van der Waals surface area contributed by atoms with Crippen molar-refractivity contribution in [3.05, 3.63) is 58.7 Å². The summed E-state index contributed by atoms with van der Waals surface area (Å²) in [6.45, 7) is 0.653. The highest BCUT2D eigenvalue weighted by Crippen LogP contribution is 2.30.